The summed E-state index contributed by atoms with van der Waals surface area (Å²) in [5, 5.41) is 21.0. The summed E-state index contributed by atoms with van der Waals surface area (Å²) in [6, 6.07) is 7.45. The summed E-state index contributed by atoms with van der Waals surface area (Å²) in [5.74, 6) is -1.98. The molecule has 2 aromatic carbocycles. The monoisotopic (exact) mass is 262 g/mol. The molecule has 0 radical (unpaired) electrons. The van der Waals surface area contributed by atoms with Crippen molar-refractivity contribution in [1.82, 2.24) is 0 Å². The summed E-state index contributed by atoms with van der Waals surface area (Å²) in [6.45, 7) is 0. The van der Waals surface area contributed by atoms with Gasteiger partial charge in [-0.1, -0.05) is 6.07 Å². The number of phenols is 2. The number of anilines is 2. The minimum absolute atomic E-state index is 0.0630. The molecule has 2 rings (SSSR count). The predicted octanol–water partition coefficient (Wildman–Crippen LogP) is 2.07. The van der Waals surface area contributed by atoms with Crippen LogP contribution in [0.5, 0.6) is 11.5 Å². The van der Waals surface area contributed by atoms with Gasteiger partial charge in [0.2, 0.25) is 0 Å². The Labute approximate surface area is 108 Å². The molecular formula is C13H11FN2O3. The van der Waals surface area contributed by atoms with Crippen LogP contribution in [0.1, 0.15) is 10.4 Å². The number of carbonyl (C=O) groups excluding carboxylic acids is 1. The van der Waals surface area contributed by atoms with Gasteiger partial charge in [0.1, 0.15) is 23.0 Å². The van der Waals surface area contributed by atoms with Gasteiger partial charge in [-0.25, -0.2) is 4.39 Å². The molecule has 0 spiro atoms. The number of hydrogen-bond acceptors (Lipinski definition) is 4. The standard InChI is InChI=1S/C13H11FN2O3/c14-9-2-1-3-10(15)12(9)16-13(19)8-6-7(17)4-5-11(8)18/h1-6,17-18H,15H2,(H,16,19). The van der Waals surface area contributed by atoms with Gasteiger partial charge in [-0.15, -0.1) is 0 Å². The molecule has 0 heterocycles. The molecule has 5 N–H and O–H groups in total. The molecule has 6 heteroatoms. The van der Waals surface area contributed by atoms with E-state index < -0.39 is 11.7 Å². The summed E-state index contributed by atoms with van der Waals surface area (Å²) in [7, 11) is 0. The van der Waals surface area contributed by atoms with Gasteiger partial charge in [0, 0.05) is 0 Å². The highest BCUT2D eigenvalue weighted by Crippen LogP contribution is 2.26. The second-order valence-corrected chi connectivity index (χ2v) is 3.86. The molecule has 0 aliphatic rings. The van der Waals surface area contributed by atoms with Crippen LogP contribution in [-0.4, -0.2) is 16.1 Å². The van der Waals surface area contributed by atoms with Crippen molar-refractivity contribution in [2.75, 3.05) is 11.1 Å². The van der Waals surface area contributed by atoms with Gasteiger partial charge in [0.05, 0.1) is 11.3 Å². The van der Waals surface area contributed by atoms with Gasteiger partial charge in [-0.2, -0.15) is 0 Å². The zero-order valence-corrected chi connectivity index (χ0v) is 9.72. The number of halogens is 1. The van der Waals surface area contributed by atoms with Crippen LogP contribution in [0.4, 0.5) is 15.8 Å². The van der Waals surface area contributed by atoms with Crippen LogP contribution in [0.15, 0.2) is 36.4 Å². The number of rotatable bonds is 2. The number of nitrogens with two attached hydrogens (primary N) is 1. The summed E-state index contributed by atoms with van der Waals surface area (Å²) >= 11 is 0. The fourth-order valence-electron chi connectivity index (χ4n) is 1.56. The lowest BCUT2D eigenvalue weighted by atomic mass is 10.1. The molecule has 0 aliphatic heterocycles. The maximum atomic E-state index is 13.5. The van der Waals surface area contributed by atoms with E-state index >= 15 is 0 Å². The van der Waals surface area contributed by atoms with Gasteiger partial charge in [0.25, 0.3) is 5.91 Å². The van der Waals surface area contributed by atoms with E-state index in [2.05, 4.69) is 5.32 Å². The molecule has 98 valence electrons. The number of para-hydroxylation sites is 1. The first-order valence-electron chi connectivity index (χ1n) is 5.36. The van der Waals surface area contributed by atoms with Crippen molar-refractivity contribution in [2.24, 2.45) is 0 Å². The minimum atomic E-state index is -0.773. The lowest BCUT2D eigenvalue weighted by Crippen LogP contribution is -2.14. The van der Waals surface area contributed by atoms with Crippen molar-refractivity contribution in [3.8, 4) is 11.5 Å². The van der Waals surface area contributed by atoms with E-state index in [1.165, 1.54) is 18.2 Å². The van der Waals surface area contributed by atoms with E-state index in [0.29, 0.717) is 0 Å². The molecule has 0 saturated carbocycles. The maximum absolute atomic E-state index is 13.5. The molecule has 0 fully saturated rings. The van der Waals surface area contributed by atoms with Crippen molar-refractivity contribution in [3.05, 3.63) is 47.8 Å². The Hall–Kier alpha value is -2.76. The molecule has 0 aromatic heterocycles. The first kappa shape index (κ1) is 12.7. The van der Waals surface area contributed by atoms with Crippen LogP contribution >= 0.6 is 0 Å². The summed E-state index contributed by atoms with van der Waals surface area (Å²) in [6.07, 6.45) is 0. The van der Waals surface area contributed by atoms with Crippen molar-refractivity contribution in [2.45, 2.75) is 0 Å². The third-order valence-corrected chi connectivity index (χ3v) is 2.51. The predicted molar refractivity (Wildman–Crippen MR) is 68.5 cm³/mol. The highest BCUT2D eigenvalue weighted by atomic mass is 19.1. The van der Waals surface area contributed by atoms with E-state index in [1.54, 1.807) is 0 Å². The van der Waals surface area contributed by atoms with Crippen molar-refractivity contribution in [1.29, 1.82) is 0 Å². The van der Waals surface area contributed by atoms with Gasteiger partial charge in [-0.3, -0.25) is 4.79 Å². The number of benzene rings is 2. The van der Waals surface area contributed by atoms with Gasteiger partial charge >= 0.3 is 0 Å². The maximum Gasteiger partial charge on any atom is 0.259 e. The largest absolute Gasteiger partial charge is 0.508 e. The third-order valence-electron chi connectivity index (χ3n) is 2.51. The smallest absolute Gasteiger partial charge is 0.259 e. The quantitative estimate of drug-likeness (QED) is 0.492. The average molecular weight is 262 g/mol. The van der Waals surface area contributed by atoms with Gasteiger partial charge in [0.15, 0.2) is 0 Å². The minimum Gasteiger partial charge on any atom is -0.508 e. The number of nitrogens with one attached hydrogen (secondary N) is 1. The van der Waals surface area contributed by atoms with E-state index in [1.807, 2.05) is 0 Å². The number of aromatic hydroxyl groups is 2. The number of nitrogen functional groups attached to an aromatic ring is 1. The molecule has 5 nitrogen and oxygen atoms in total. The molecule has 0 unspecified atom stereocenters. The molecule has 19 heavy (non-hydrogen) atoms. The molecule has 0 aliphatic carbocycles. The van der Waals surface area contributed by atoms with Crippen LogP contribution in [0.25, 0.3) is 0 Å². The van der Waals surface area contributed by atoms with Crippen LogP contribution < -0.4 is 11.1 Å². The van der Waals surface area contributed by atoms with E-state index in [0.717, 1.165) is 18.2 Å². The van der Waals surface area contributed by atoms with Crippen LogP contribution in [0.2, 0.25) is 0 Å². The summed E-state index contributed by atoms with van der Waals surface area (Å²) in [4.78, 5) is 11.9. The van der Waals surface area contributed by atoms with Crippen LogP contribution in [0.3, 0.4) is 0 Å². The molecular weight excluding hydrogens is 251 g/mol. The average Bonchev–Trinajstić information content (AvgIpc) is 2.37. The first-order valence-corrected chi connectivity index (χ1v) is 5.36. The SMILES string of the molecule is Nc1cccc(F)c1NC(=O)c1cc(O)ccc1O. The van der Waals surface area contributed by atoms with Crippen LogP contribution in [0, 0.1) is 5.82 Å². The molecule has 1 amide bonds. The second kappa shape index (κ2) is 4.85. The number of carbonyl (C=O) groups is 1. The fourth-order valence-corrected chi connectivity index (χ4v) is 1.56. The van der Waals surface area contributed by atoms with Gasteiger partial charge in [-0.05, 0) is 30.3 Å². The molecule has 2 aromatic rings. The third kappa shape index (κ3) is 2.57. The zero-order valence-electron chi connectivity index (χ0n) is 9.72. The first-order chi connectivity index (χ1) is 8.99. The van der Waals surface area contributed by atoms with E-state index in [4.69, 9.17) is 5.73 Å². The van der Waals surface area contributed by atoms with Crippen molar-refractivity contribution >= 4 is 17.3 Å². The molecule has 0 bridgehead atoms. The number of amides is 1. The lowest BCUT2D eigenvalue weighted by Gasteiger charge is -2.10. The number of hydrogen-bond donors (Lipinski definition) is 4. The summed E-state index contributed by atoms with van der Waals surface area (Å²) in [5.41, 5.74) is 5.26. The van der Waals surface area contributed by atoms with E-state index in [9.17, 15) is 19.4 Å². The normalized spacial score (nSPS) is 10.2. The molecule has 0 saturated heterocycles. The Kier molecular flexibility index (Phi) is 3.24. The second-order valence-electron chi connectivity index (χ2n) is 3.86. The van der Waals surface area contributed by atoms with Crippen molar-refractivity contribution in [3.63, 3.8) is 0 Å². The Morgan fingerprint density at radius 2 is 1.95 bits per heavy atom. The lowest BCUT2D eigenvalue weighted by molar-refractivity contribution is 0.102. The Morgan fingerprint density at radius 1 is 1.21 bits per heavy atom. The Morgan fingerprint density at radius 3 is 2.63 bits per heavy atom. The number of phenolic OH excluding ortho intramolecular Hbond substituents is 2. The van der Waals surface area contributed by atoms with Crippen LogP contribution in [-0.2, 0) is 0 Å². The van der Waals surface area contributed by atoms with E-state index in [-0.39, 0.29) is 28.4 Å². The topological polar surface area (TPSA) is 95.6 Å². The van der Waals surface area contributed by atoms with Crippen molar-refractivity contribution < 1.29 is 19.4 Å². The van der Waals surface area contributed by atoms with Gasteiger partial charge < -0.3 is 21.3 Å². The Balaban J connectivity index is 2.34. The molecule has 0 atom stereocenters. The fraction of sp³-hybridized carbons (Fsp3) is 0. The summed E-state index contributed by atoms with van der Waals surface area (Å²) < 4.78 is 13.5. The zero-order chi connectivity index (χ0) is 14.0. The highest BCUT2D eigenvalue weighted by molar-refractivity contribution is 6.07. The Bertz CT molecular complexity index is 624. The highest BCUT2D eigenvalue weighted by Gasteiger charge is 2.15.